The average molecular weight is 466 g/mol. The minimum absolute atomic E-state index is 0.321. The number of imidazole rings is 1. The number of likely N-dealkylation sites (tertiary alicyclic amines) is 1. The fourth-order valence-corrected chi connectivity index (χ4v) is 4.26. The summed E-state index contributed by atoms with van der Waals surface area (Å²) >= 11 is 0. The van der Waals surface area contributed by atoms with Gasteiger partial charge in [-0.15, -0.1) is 0 Å². The molecule has 1 aromatic heterocycles. The highest BCUT2D eigenvalue weighted by Gasteiger charge is 2.31. The lowest BCUT2D eigenvalue weighted by Crippen LogP contribution is -2.37. The van der Waals surface area contributed by atoms with Gasteiger partial charge >= 0.3 is 0 Å². The molecule has 2 aromatic carbocycles. The monoisotopic (exact) mass is 465 g/mol. The van der Waals surface area contributed by atoms with Crippen molar-refractivity contribution in [3.8, 4) is 17.2 Å². The van der Waals surface area contributed by atoms with E-state index in [9.17, 15) is 5.11 Å². The third-order valence-electron chi connectivity index (χ3n) is 6.34. The summed E-state index contributed by atoms with van der Waals surface area (Å²) in [5, 5.41) is 11.1. The van der Waals surface area contributed by atoms with Crippen molar-refractivity contribution in [1.82, 2.24) is 14.5 Å². The van der Waals surface area contributed by atoms with Crippen molar-refractivity contribution in [2.24, 2.45) is 0 Å². The molecule has 34 heavy (non-hydrogen) atoms. The summed E-state index contributed by atoms with van der Waals surface area (Å²) in [6.07, 6.45) is 7.81. The second kappa shape index (κ2) is 11.4. The van der Waals surface area contributed by atoms with Crippen molar-refractivity contribution in [3.05, 3.63) is 72.3 Å². The molecule has 1 aliphatic heterocycles. The smallest absolute Gasteiger partial charge is 0.161 e. The third-order valence-corrected chi connectivity index (χ3v) is 6.34. The first-order valence-electron chi connectivity index (χ1n) is 11.9. The topological polar surface area (TPSA) is 69.0 Å². The van der Waals surface area contributed by atoms with Crippen LogP contribution in [-0.4, -0.2) is 58.6 Å². The normalized spacial score (nSPS) is 18.9. The van der Waals surface area contributed by atoms with Gasteiger partial charge in [0.05, 0.1) is 25.6 Å². The highest BCUT2D eigenvalue weighted by atomic mass is 16.5. The number of hydrogen-bond acceptors (Lipinski definition) is 6. The van der Waals surface area contributed by atoms with Gasteiger partial charge in [-0.3, -0.25) is 4.90 Å². The van der Waals surface area contributed by atoms with Crippen molar-refractivity contribution in [1.29, 1.82) is 0 Å². The Kier molecular flexibility index (Phi) is 8.08. The lowest BCUT2D eigenvalue weighted by atomic mass is 9.96. The van der Waals surface area contributed by atoms with Gasteiger partial charge in [0.2, 0.25) is 0 Å². The van der Waals surface area contributed by atoms with Gasteiger partial charge in [-0.05, 0) is 62.6 Å². The summed E-state index contributed by atoms with van der Waals surface area (Å²) in [5.74, 6) is 2.28. The van der Waals surface area contributed by atoms with Crippen LogP contribution < -0.4 is 14.2 Å². The van der Waals surface area contributed by atoms with Crippen LogP contribution in [-0.2, 0) is 13.1 Å². The maximum Gasteiger partial charge on any atom is 0.161 e. The fraction of sp³-hybridized carbons (Fsp3) is 0.444. The maximum atomic E-state index is 11.1. The minimum Gasteiger partial charge on any atom is -0.493 e. The Morgan fingerprint density at radius 3 is 2.65 bits per heavy atom. The number of hydrogen-bond donors (Lipinski definition) is 1. The van der Waals surface area contributed by atoms with Gasteiger partial charge < -0.3 is 23.9 Å². The molecule has 1 saturated heterocycles. The SMILES string of the molecule is COc1ccc(CN2CCCC(O)(COc3ccc(C)cc3)CC2)cc1OCCn1ccnc1. The van der Waals surface area contributed by atoms with E-state index in [0.717, 1.165) is 56.3 Å². The van der Waals surface area contributed by atoms with E-state index in [-0.39, 0.29) is 0 Å². The molecule has 0 amide bonds. The third kappa shape index (κ3) is 6.74. The number of ether oxygens (including phenoxy) is 3. The Morgan fingerprint density at radius 1 is 1.03 bits per heavy atom. The zero-order chi connectivity index (χ0) is 23.8. The number of aromatic nitrogens is 2. The fourth-order valence-electron chi connectivity index (χ4n) is 4.26. The number of aliphatic hydroxyl groups is 1. The van der Waals surface area contributed by atoms with Crippen LogP contribution in [0.15, 0.2) is 61.2 Å². The first-order chi connectivity index (χ1) is 16.5. The van der Waals surface area contributed by atoms with Crippen LogP contribution in [0, 0.1) is 6.92 Å². The quantitative estimate of drug-likeness (QED) is 0.487. The second-order valence-electron chi connectivity index (χ2n) is 9.09. The number of rotatable bonds is 10. The standard InChI is InChI=1S/C27H35N3O4/c1-22-4-7-24(8-5-22)34-20-27(31)10-3-13-29(14-11-27)19-23-6-9-25(32-2)26(18-23)33-17-16-30-15-12-28-21-30/h4-9,12,15,18,21,31H,3,10-11,13-14,16-17,19-20H2,1-2H3. The zero-order valence-corrected chi connectivity index (χ0v) is 20.2. The number of benzene rings is 2. The Labute approximate surface area is 201 Å². The van der Waals surface area contributed by atoms with Gasteiger partial charge in [-0.2, -0.15) is 0 Å². The van der Waals surface area contributed by atoms with Crippen molar-refractivity contribution in [3.63, 3.8) is 0 Å². The largest absolute Gasteiger partial charge is 0.493 e. The summed E-state index contributed by atoms with van der Waals surface area (Å²) in [4.78, 5) is 6.45. The first kappa shape index (κ1) is 24.1. The van der Waals surface area contributed by atoms with Gasteiger partial charge in [0.15, 0.2) is 11.5 Å². The molecule has 1 fully saturated rings. The molecule has 4 rings (SSSR count). The van der Waals surface area contributed by atoms with Crippen LogP contribution in [0.2, 0.25) is 0 Å². The summed E-state index contributed by atoms with van der Waals surface area (Å²) < 4.78 is 19.4. The molecule has 0 radical (unpaired) electrons. The highest BCUT2D eigenvalue weighted by molar-refractivity contribution is 5.43. The minimum atomic E-state index is -0.804. The van der Waals surface area contributed by atoms with E-state index in [0.29, 0.717) is 19.6 Å². The van der Waals surface area contributed by atoms with Crippen molar-refractivity contribution >= 4 is 0 Å². The number of aryl methyl sites for hydroxylation is 1. The van der Waals surface area contributed by atoms with Crippen LogP contribution in [0.5, 0.6) is 17.2 Å². The predicted molar refractivity (Wildman–Crippen MR) is 131 cm³/mol. The molecule has 1 unspecified atom stereocenters. The van der Waals surface area contributed by atoms with Crippen molar-refractivity contribution in [2.75, 3.05) is 33.4 Å². The molecule has 1 N–H and O–H groups in total. The van der Waals surface area contributed by atoms with Crippen LogP contribution in [0.4, 0.5) is 0 Å². The van der Waals surface area contributed by atoms with E-state index in [1.165, 1.54) is 11.1 Å². The molecule has 1 atom stereocenters. The highest BCUT2D eigenvalue weighted by Crippen LogP contribution is 2.30. The summed E-state index contributed by atoms with van der Waals surface area (Å²) in [6.45, 7) is 6.19. The molecule has 7 heteroatoms. The molecule has 3 aromatic rings. The number of methoxy groups -OCH3 is 1. The molecular formula is C27H35N3O4. The van der Waals surface area contributed by atoms with Crippen LogP contribution in [0.3, 0.4) is 0 Å². The van der Waals surface area contributed by atoms with E-state index in [2.05, 4.69) is 28.9 Å². The molecular weight excluding hydrogens is 430 g/mol. The first-order valence-corrected chi connectivity index (χ1v) is 11.9. The molecule has 7 nitrogen and oxygen atoms in total. The summed E-state index contributed by atoms with van der Waals surface area (Å²) in [6, 6.07) is 14.1. The Morgan fingerprint density at radius 2 is 1.88 bits per heavy atom. The molecule has 1 aliphatic rings. The van der Waals surface area contributed by atoms with Crippen LogP contribution in [0.1, 0.15) is 30.4 Å². The summed E-state index contributed by atoms with van der Waals surface area (Å²) in [5.41, 5.74) is 1.56. The van der Waals surface area contributed by atoms with E-state index in [1.54, 1.807) is 19.6 Å². The zero-order valence-electron chi connectivity index (χ0n) is 20.2. The molecule has 0 saturated carbocycles. The van der Waals surface area contributed by atoms with Gasteiger partial charge in [0, 0.05) is 25.5 Å². The summed E-state index contributed by atoms with van der Waals surface area (Å²) in [7, 11) is 1.66. The Hall–Kier alpha value is -3.03. The van der Waals surface area contributed by atoms with Gasteiger partial charge in [0.25, 0.3) is 0 Å². The van der Waals surface area contributed by atoms with E-state index < -0.39 is 5.60 Å². The van der Waals surface area contributed by atoms with Gasteiger partial charge in [-0.1, -0.05) is 23.8 Å². The van der Waals surface area contributed by atoms with Gasteiger partial charge in [0.1, 0.15) is 19.0 Å². The van der Waals surface area contributed by atoms with Crippen LogP contribution in [0.25, 0.3) is 0 Å². The molecule has 2 heterocycles. The Balaban J connectivity index is 1.31. The molecule has 0 bridgehead atoms. The van der Waals surface area contributed by atoms with Crippen molar-refractivity contribution in [2.45, 2.75) is 44.9 Å². The van der Waals surface area contributed by atoms with Crippen LogP contribution >= 0.6 is 0 Å². The lowest BCUT2D eigenvalue weighted by molar-refractivity contribution is -0.0168. The molecule has 0 aliphatic carbocycles. The van der Waals surface area contributed by atoms with E-state index >= 15 is 0 Å². The lowest BCUT2D eigenvalue weighted by Gasteiger charge is -2.27. The average Bonchev–Trinajstić information content (AvgIpc) is 3.29. The van der Waals surface area contributed by atoms with Gasteiger partial charge in [-0.25, -0.2) is 4.98 Å². The Bertz CT molecular complexity index is 1020. The molecule has 182 valence electrons. The van der Waals surface area contributed by atoms with E-state index in [4.69, 9.17) is 14.2 Å². The maximum absolute atomic E-state index is 11.1. The van der Waals surface area contributed by atoms with Crippen molar-refractivity contribution < 1.29 is 19.3 Å². The second-order valence-corrected chi connectivity index (χ2v) is 9.09. The predicted octanol–water partition coefficient (Wildman–Crippen LogP) is 4.08. The van der Waals surface area contributed by atoms with E-state index in [1.807, 2.05) is 41.1 Å². The number of nitrogens with zero attached hydrogens (tertiary/aromatic N) is 3. The molecule has 0 spiro atoms.